The normalized spacial score (nSPS) is 11.9. The zero-order chi connectivity index (χ0) is 12.6. The van der Waals surface area contributed by atoms with Gasteiger partial charge in [0, 0.05) is 20.8 Å². The summed E-state index contributed by atoms with van der Waals surface area (Å²) >= 11 is 0. The smallest absolute Gasteiger partial charge is 0.318 e. The van der Waals surface area contributed by atoms with Crippen LogP contribution in [0.1, 0.15) is 0 Å². The summed E-state index contributed by atoms with van der Waals surface area (Å²) in [6, 6.07) is 0. The van der Waals surface area contributed by atoms with Crippen LogP contribution in [0, 0.1) is 0 Å². The van der Waals surface area contributed by atoms with Crippen LogP contribution in [-0.4, -0.2) is 70.1 Å². The number of carboxylic acids is 1. The maximum atomic E-state index is 11.7. The largest absolute Gasteiger partial charge is 0.480 e. The van der Waals surface area contributed by atoms with Crippen molar-refractivity contribution in [3.05, 3.63) is 0 Å². The number of ether oxygens (including phenoxy) is 2. The van der Waals surface area contributed by atoms with Crippen LogP contribution in [0.3, 0.4) is 0 Å². The number of rotatable bonds is 9. The highest BCUT2D eigenvalue weighted by atomic mass is 32.2. The summed E-state index contributed by atoms with van der Waals surface area (Å²) in [6.45, 7) is -0.352. The molecule has 0 atom stereocenters. The zero-order valence-electron chi connectivity index (χ0n) is 9.38. The predicted molar refractivity (Wildman–Crippen MR) is 56.7 cm³/mol. The lowest BCUT2D eigenvalue weighted by atomic mass is 10.6. The van der Waals surface area contributed by atoms with Gasteiger partial charge in [0.15, 0.2) is 0 Å². The highest BCUT2D eigenvalue weighted by Crippen LogP contribution is 2.01. The van der Waals surface area contributed by atoms with Crippen molar-refractivity contribution in [2.24, 2.45) is 0 Å². The Morgan fingerprint density at radius 3 is 2.25 bits per heavy atom. The number of hydrogen-bond acceptors (Lipinski definition) is 5. The Hall–Kier alpha value is -0.700. The first kappa shape index (κ1) is 15.3. The minimum absolute atomic E-state index is 0.0227. The van der Waals surface area contributed by atoms with Gasteiger partial charge in [-0.2, -0.15) is 4.31 Å². The summed E-state index contributed by atoms with van der Waals surface area (Å²) in [5.41, 5.74) is 0. The van der Waals surface area contributed by atoms with Crippen molar-refractivity contribution >= 4 is 16.0 Å². The molecule has 8 heteroatoms. The molecule has 0 bridgehead atoms. The van der Waals surface area contributed by atoms with Crippen LogP contribution in [0.2, 0.25) is 0 Å². The van der Waals surface area contributed by atoms with E-state index in [9.17, 15) is 13.2 Å². The van der Waals surface area contributed by atoms with E-state index < -0.39 is 22.5 Å². The van der Waals surface area contributed by atoms with Gasteiger partial charge in [0.1, 0.15) is 6.54 Å². The molecule has 0 unspecified atom stereocenters. The number of methoxy groups -OCH3 is 2. The standard InChI is InChI=1S/C8H17NO6S/c1-14-4-3-9(7-8(10)11)16(12,13)6-5-15-2/h3-7H2,1-2H3,(H,10,11). The highest BCUT2D eigenvalue weighted by molar-refractivity contribution is 7.89. The second-order valence-corrected chi connectivity index (χ2v) is 5.12. The Balaban J connectivity index is 4.52. The number of hydrogen-bond donors (Lipinski definition) is 1. The third kappa shape index (κ3) is 6.01. The van der Waals surface area contributed by atoms with Crippen molar-refractivity contribution in [2.45, 2.75) is 0 Å². The molecule has 0 aromatic carbocycles. The highest BCUT2D eigenvalue weighted by Gasteiger charge is 2.23. The Labute approximate surface area is 95.0 Å². The average molecular weight is 255 g/mol. The fraction of sp³-hybridized carbons (Fsp3) is 0.875. The quantitative estimate of drug-likeness (QED) is 0.568. The second kappa shape index (κ2) is 7.55. The molecule has 0 aliphatic rings. The molecule has 96 valence electrons. The van der Waals surface area contributed by atoms with Gasteiger partial charge in [-0.15, -0.1) is 0 Å². The first-order chi connectivity index (χ1) is 7.44. The molecule has 0 spiro atoms. The monoisotopic (exact) mass is 255 g/mol. The molecule has 0 fully saturated rings. The van der Waals surface area contributed by atoms with E-state index in [1.165, 1.54) is 14.2 Å². The molecule has 0 saturated carbocycles. The van der Waals surface area contributed by atoms with Gasteiger partial charge < -0.3 is 14.6 Å². The van der Waals surface area contributed by atoms with Gasteiger partial charge in [0.25, 0.3) is 0 Å². The van der Waals surface area contributed by atoms with Crippen LogP contribution in [0.4, 0.5) is 0 Å². The van der Waals surface area contributed by atoms with Crippen molar-refractivity contribution in [1.82, 2.24) is 4.31 Å². The molecular formula is C8H17NO6S. The summed E-state index contributed by atoms with van der Waals surface area (Å²) in [7, 11) is -0.806. The third-order valence-corrected chi connectivity index (χ3v) is 3.58. The minimum Gasteiger partial charge on any atom is -0.480 e. The Bertz CT molecular complexity index is 302. The summed E-state index contributed by atoms with van der Waals surface area (Å²) in [6.07, 6.45) is 0. The van der Waals surface area contributed by atoms with E-state index in [1.54, 1.807) is 0 Å². The molecule has 7 nitrogen and oxygen atoms in total. The molecule has 0 rings (SSSR count). The van der Waals surface area contributed by atoms with Crippen molar-refractivity contribution in [2.75, 3.05) is 46.3 Å². The molecular weight excluding hydrogens is 238 g/mol. The van der Waals surface area contributed by atoms with Crippen LogP contribution < -0.4 is 0 Å². The average Bonchev–Trinajstić information content (AvgIpc) is 2.20. The van der Waals surface area contributed by atoms with Crippen molar-refractivity contribution in [1.29, 1.82) is 0 Å². The van der Waals surface area contributed by atoms with Crippen LogP contribution in [-0.2, 0) is 24.3 Å². The topological polar surface area (TPSA) is 93.1 Å². The number of carbonyl (C=O) groups is 1. The van der Waals surface area contributed by atoms with Gasteiger partial charge in [-0.1, -0.05) is 0 Å². The minimum atomic E-state index is -3.60. The molecule has 0 saturated heterocycles. The predicted octanol–water partition coefficient (Wildman–Crippen LogP) is -1.00. The molecule has 1 N–H and O–H groups in total. The van der Waals surface area contributed by atoms with Crippen LogP contribution in [0.25, 0.3) is 0 Å². The number of nitrogens with zero attached hydrogens (tertiary/aromatic N) is 1. The first-order valence-corrected chi connectivity index (χ1v) is 6.22. The third-order valence-electron chi connectivity index (χ3n) is 1.80. The number of carboxylic acid groups (broad SMARTS) is 1. The molecule has 16 heavy (non-hydrogen) atoms. The molecule has 0 radical (unpaired) electrons. The maximum absolute atomic E-state index is 11.7. The zero-order valence-corrected chi connectivity index (χ0v) is 10.2. The molecule has 0 aromatic rings. The Morgan fingerprint density at radius 1 is 1.25 bits per heavy atom. The van der Waals surface area contributed by atoms with E-state index in [1.807, 2.05) is 0 Å². The van der Waals surface area contributed by atoms with E-state index in [-0.39, 0.29) is 25.5 Å². The van der Waals surface area contributed by atoms with Crippen molar-refractivity contribution < 1.29 is 27.8 Å². The van der Waals surface area contributed by atoms with Crippen LogP contribution >= 0.6 is 0 Å². The Kier molecular flexibility index (Phi) is 7.22. The van der Waals surface area contributed by atoms with Gasteiger partial charge in [-0.25, -0.2) is 8.42 Å². The van der Waals surface area contributed by atoms with E-state index in [0.29, 0.717) is 0 Å². The Morgan fingerprint density at radius 2 is 1.81 bits per heavy atom. The summed E-state index contributed by atoms with van der Waals surface area (Å²) in [5.74, 6) is -1.43. The number of sulfonamides is 1. The lowest BCUT2D eigenvalue weighted by Crippen LogP contribution is -2.40. The fourth-order valence-corrected chi connectivity index (χ4v) is 2.27. The van der Waals surface area contributed by atoms with Crippen LogP contribution in [0.15, 0.2) is 0 Å². The van der Waals surface area contributed by atoms with E-state index in [4.69, 9.17) is 9.84 Å². The van der Waals surface area contributed by atoms with Crippen molar-refractivity contribution in [3.8, 4) is 0 Å². The molecule has 0 heterocycles. The summed E-state index contributed by atoms with van der Waals surface area (Å²) in [4.78, 5) is 10.5. The van der Waals surface area contributed by atoms with Gasteiger partial charge in [0.05, 0.1) is 19.0 Å². The molecule has 0 aliphatic heterocycles. The van der Waals surface area contributed by atoms with Gasteiger partial charge in [-0.05, 0) is 0 Å². The van der Waals surface area contributed by atoms with Crippen LogP contribution in [0.5, 0.6) is 0 Å². The first-order valence-electron chi connectivity index (χ1n) is 4.61. The molecule has 0 amide bonds. The second-order valence-electron chi connectivity index (χ2n) is 3.03. The SMILES string of the molecule is COCCN(CC(=O)O)S(=O)(=O)CCOC. The molecule has 0 aromatic heterocycles. The lowest BCUT2D eigenvalue weighted by molar-refractivity contribution is -0.137. The van der Waals surface area contributed by atoms with Crippen molar-refractivity contribution in [3.63, 3.8) is 0 Å². The van der Waals surface area contributed by atoms with E-state index in [0.717, 1.165) is 4.31 Å². The van der Waals surface area contributed by atoms with Gasteiger partial charge in [-0.3, -0.25) is 4.79 Å². The summed E-state index contributed by atoms with van der Waals surface area (Å²) < 4.78 is 33.6. The van der Waals surface area contributed by atoms with E-state index in [2.05, 4.69) is 4.74 Å². The van der Waals surface area contributed by atoms with E-state index >= 15 is 0 Å². The fourth-order valence-electron chi connectivity index (χ4n) is 0.978. The molecule has 0 aliphatic carbocycles. The maximum Gasteiger partial charge on any atom is 0.318 e. The van der Waals surface area contributed by atoms with Gasteiger partial charge in [0.2, 0.25) is 10.0 Å². The lowest BCUT2D eigenvalue weighted by Gasteiger charge is -2.19. The summed E-state index contributed by atoms with van der Waals surface area (Å²) in [5, 5.41) is 8.59. The number of aliphatic carboxylic acids is 1. The van der Waals surface area contributed by atoms with Gasteiger partial charge >= 0.3 is 5.97 Å².